The SMILES string of the molecule is CN=C(NC1CCN(Cc2ccccc2C)CC1)NC1C2CCOC2C1(C)C. The highest BCUT2D eigenvalue weighted by Crippen LogP contribution is 2.52. The number of nitrogens with one attached hydrogen (secondary N) is 2. The van der Waals surface area contributed by atoms with E-state index in [1.165, 1.54) is 17.5 Å². The molecule has 154 valence electrons. The van der Waals surface area contributed by atoms with Gasteiger partial charge in [-0.25, -0.2) is 0 Å². The van der Waals surface area contributed by atoms with Gasteiger partial charge < -0.3 is 15.4 Å². The number of nitrogens with zero attached hydrogens (tertiary/aromatic N) is 2. The van der Waals surface area contributed by atoms with E-state index in [2.05, 4.69) is 65.6 Å². The Kier molecular flexibility index (Phi) is 5.66. The first kappa shape index (κ1) is 19.7. The maximum atomic E-state index is 5.93. The van der Waals surface area contributed by atoms with E-state index in [0.717, 1.165) is 45.0 Å². The lowest BCUT2D eigenvalue weighted by Gasteiger charge is -2.55. The molecule has 3 unspecified atom stereocenters. The van der Waals surface area contributed by atoms with Gasteiger partial charge >= 0.3 is 0 Å². The molecule has 1 aromatic rings. The van der Waals surface area contributed by atoms with Crippen LogP contribution in [0.5, 0.6) is 0 Å². The third-order valence-electron chi connectivity index (χ3n) is 7.20. The molecular formula is C23H36N4O. The maximum Gasteiger partial charge on any atom is 0.191 e. The van der Waals surface area contributed by atoms with Gasteiger partial charge in [0, 0.05) is 56.7 Å². The van der Waals surface area contributed by atoms with Crippen molar-refractivity contribution < 1.29 is 4.74 Å². The summed E-state index contributed by atoms with van der Waals surface area (Å²) < 4.78 is 5.93. The van der Waals surface area contributed by atoms with Crippen molar-refractivity contribution in [3.8, 4) is 0 Å². The van der Waals surface area contributed by atoms with Crippen LogP contribution in [0.3, 0.4) is 0 Å². The lowest BCUT2D eigenvalue weighted by Crippen LogP contribution is -2.68. The van der Waals surface area contributed by atoms with E-state index in [1.54, 1.807) is 0 Å². The van der Waals surface area contributed by atoms with Crippen LogP contribution in [0.1, 0.15) is 44.2 Å². The minimum absolute atomic E-state index is 0.176. The molecule has 1 saturated carbocycles. The van der Waals surface area contributed by atoms with E-state index in [0.29, 0.717) is 24.1 Å². The molecule has 3 aliphatic rings. The number of hydrogen-bond donors (Lipinski definition) is 2. The van der Waals surface area contributed by atoms with Gasteiger partial charge in [0.1, 0.15) is 0 Å². The van der Waals surface area contributed by atoms with Gasteiger partial charge in [0.15, 0.2) is 5.96 Å². The number of fused-ring (bicyclic) bond motifs is 1. The summed E-state index contributed by atoms with van der Waals surface area (Å²) in [7, 11) is 1.89. The molecule has 1 aromatic carbocycles. The smallest absolute Gasteiger partial charge is 0.191 e. The third kappa shape index (κ3) is 3.79. The summed E-state index contributed by atoms with van der Waals surface area (Å²) in [6, 6.07) is 9.68. The van der Waals surface area contributed by atoms with Gasteiger partial charge in [0.25, 0.3) is 0 Å². The minimum atomic E-state index is 0.176. The van der Waals surface area contributed by atoms with Crippen LogP contribution in [0.4, 0.5) is 0 Å². The molecular weight excluding hydrogens is 348 g/mol. The Morgan fingerprint density at radius 3 is 2.64 bits per heavy atom. The number of hydrogen-bond acceptors (Lipinski definition) is 3. The van der Waals surface area contributed by atoms with Crippen LogP contribution in [-0.2, 0) is 11.3 Å². The van der Waals surface area contributed by atoms with Gasteiger partial charge in [0.2, 0.25) is 0 Å². The first-order chi connectivity index (χ1) is 13.5. The van der Waals surface area contributed by atoms with Crippen molar-refractivity contribution in [3.05, 3.63) is 35.4 Å². The van der Waals surface area contributed by atoms with Crippen molar-refractivity contribution in [2.45, 2.75) is 64.8 Å². The van der Waals surface area contributed by atoms with Crippen LogP contribution in [0.15, 0.2) is 29.3 Å². The van der Waals surface area contributed by atoms with Crippen LogP contribution in [0.25, 0.3) is 0 Å². The molecule has 3 atom stereocenters. The van der Waals surface area contributed by atoms with E-state index in [-0.39, 0.29) is 5.41 Å². The zero-order valence-electron chi connectivity index (χ0n) is 17.9. The molecule has 0 aromatic heterocycles. The van der Waals surface area contributed by atoms with Crippen LogP contribution < -0.4 is 10.6 Å². The van der Waals surface area contributed by atoms with Crippen molar-refractivity contribution in [2.75, 3.05) is 26.7 Å². The van der Waals surface area contributed by atoms with Crippen molar-refractivity contribution in [2.24, 2.45) is 16.3 Å². The molecule has 0 bridgehead atoms. The number of piperidine rings is 1. The Morgan fingerprint density at radius 1 is 1.18 bits per heavy atom. The highest BCUT2D eigenvalue weighted by Gasteiger charge is 2.59. The molecule has 5 heteroatoms. The molecule has 2 N–H and O–H groups in total. The molecule has 0 amide bonds. The summed E-state index contributed by atoms with van der Waals surface area (Å²) in [6.07, 6.45) is 3.90. The largest absolute Gasteiger partial charge is 0.377 e. The van der Waals surface area contributed by atoms with E-state index >= 15 is 0 Å². The van der Waals surface area contributed by atoms with E-state index < -0.39 is 0 Å². The fourth-order valence-corrected chi connectivity index (χ4v) is 5.39. The summed E-state index contributed by atoms with van der Waals surface area (Å²) in [5, 5.41) is 7.41. The Balaban J connectivity index is 1.26. The Hall–Kier alpha value is -1.59. The molecule has 4 rings (SSSR count). The summed E-state index contributed by atoms with van der Waals surface area (Å²) in [4.78, 5) is 7.10. The fraction of sp³-hybridized carbons (Fsp3) is 0.696. The standard InChI is InChI=1S/C23H36N4O/c1-16-7-5-6-8-17(16)15-27-12-9-18(10-13-27)25-22(24-4)26-20-19-11-14-28-21(19)23(20,2)3/h5-8,18-21H,9-15H2,1-4H3,(H2,24,25,26). The predicted molar refractivity (Wildman–Crippen MR) is 115 cm³/mol. The lowest BCUT2D eigenvalue weighted by atomic mass is 9.57. The Bertz CT molecular complexity index is 708. The van der Waals surface area contributed by atoms with Crippen LogP contribution in [0.2, 0.25) is 0 Å². The molecule has 0 spiro atoms. The molecule has 28 heavy (non-hydrogen) atoms. The van der Waals surface area contributed by atoms with Crippen LogP contribution >= 0.6 is 0 Å². The van der Waals surface area contributed by atoms with Crippen molar-refractivity contribution in [1.82, 2.24) is 15.5 Å². The Labute approximate surface area is 169 Å². The summed E-state index contributed by atoms with van der Waals surface area (Å²) in [5.74, 6) is 1.59. The second kappa shape index (κ2) is 8.03. The number of ether oxygens (including phenoxy) is 1. The molecule has 0 radical (unpaired) electrons. The summed E-state index contributed by atoms with van der Waals surface area (Å²) in [5.41, 5.74) is 3.02. The molecule has 2 saturated heterocycles. The third-order valence-corrected chi connectivity index (χ3v) is 7.20. The number of guanidine groups is 1. The average molecular weight is 385 g/mol. The van der Waals surface area contributed by atoms with Gasteiger partial charge in [-0.1, -0.05) is 38.1 Å². The number of aliphatic imine (C=N–C) groups is 1. The first-order valence-electron chi connectivity index (χ1n) is 10.9. The summed E-state index contributed by atoms with van der Waals surface area (Å²) in [6.45, 7) is 11.1. The van der Waals surface area contributed by atoms with Gasteiger partial charge in [-0.05, 0) is 37.3 Å². The van der Waals surface area contributed by atoms with E-state index in [1.807, 2.05) is 7.05 Å². The van der Waals surface area contributed by atoms with Crippen LogP contribution in [-0.4, -0.2) is 55.8 Å². The van der Waals surface area contributed by atoms with Gasteiger partial charge in [-0.2, -0.15) is 0 Å². The van der Waals surface area contributed by atoms with Crippen molar-refractivity contribution in [3.63, 3.8) is 0 Å². The normalized spacial score (nSPS) is 30.6. The first-order valence-corrected chi connectivity index (χ1v) is 10.9. The van der Waals surface area contributed by atoms with E-state index in [4.69, 9.17) is 4.74 Å². The quantitative estimate of drug-likeness (QED) is 0.619. The molecule has 5 nitrogen and oxygen atoms in total. The molecule has 2 aliphatic heterocycles. The Morgan fingerprint density at radius 2 is 1.93 bits per heavy atom. The predicted octanol–water partition coefficient (Wildman–Crippen LogP) is 2.94. The second-order valence-electron chi connectivity index (χ2n) is 9.38. The zero-order valence-corrected chi connectivity index (χ0v) is 17.9. The van der Waals surface area contributed by atoms with E-state index in [9.17, 15) is 0 Å². The second-order valence-corrected chi connectivity index (χ2v) is 9.38. The highest BCUT2D eigenvalue weighted by molar-refractivity contribution is 5.80. The van der Waals surface area contributed by atoms with Gasteiger partial charge in [-0.3, -0.25) is 9.89 Å². The number of likely N-dealkylation sites (tertiary alicyclic amines) is 1. The van der Waals surface area contributed by atoms with Gasteiger partial charge in [-0.15, -0.1) is 0 Å². The molecule has 2 heterocycles. The number of aryl methyl sites for hydroxylation is 1. The summed E-state index contributed by atoms with van der Waals surface area (Å²) >= 11 is 0. The number of rotatable bonds is 4. The topological polar surface area (TPSA) is 48.9 Å². The van der Waals surface area contributed by atoms with Crippen molar-refractivity contribution >= 4 is 5.96 Å². The van der Waals surface area contributed by atoms with Gasteiger partial charge in [0.05, 0.1) is 6.10 Å². The fourth-order valence-electron chi connectivity index (χ4n) is 5.39. The van der Waals surface area contributed by atoms with Crippen LogP contribution in [0, 0.1) is 18.3 Å². The minimum Gasteiger partial charge on any atom is -0.377 e. The zero-order chi connectivity index (χ0) is 19.7. The average Bonchev–Trinajstić information content (AvgIpc) is 3.15. The molecule has 1 aliphatic carbocycles. The monoisotopic (exact) mass is 384 g/mol. The van der Waals surface area contributed by atoms with Crippen molar-refractivity contribution in [1.29, 1.82) is 0 Å². The maximum absolute atomic E-state index is 5.93. The molecule has 3 fully saturated rings. The lowest BCUT2D eigenvalue weighted by molar-refractivity contribution is -0.106. The number of benzene rings is 1. The highest BCUT2D eigenvalue weighted by atomic mass is 16.5.